The van der Waals surface area contributed by atoms with E-state index in [2.05, 4.69) is 11.6 Å². The monoisotopic (exact) mass is 574 g/mol. The Kier molecular flexibility index (Phi) is 9.03. The lowest BCUT2D eigenvalue weighted by molar-refractivity contribution is 0.472. The fourth-order valence-corrected chi connectivity index (χ4v) is 6.39. The van der Waals surface area contributed by atoms with Crippen LogP contribution in [0.25, 0.3) is 10.9 Å². The number of nitrogens with zero attached hydrogens (tertiary/aromatic N) is 3. The van der Waals surface area contributed by atoms with E-state index in [0.717, 1.165) is 17.3 Å². The molecule has 0 aliphatic heterocycles. The molecule has 1 heterocycles. The van der Waals surface area contributed by atoms with Crippen LogP contribution < -0.4 is 5.73 Å². The molecule has 0 saturated carbocycles. The largest absolute Gasteiger partial charge is 0.404 e. The Balaban J connectivity index is 1.83. The van der Waals surface area contributed by atoms with E-state index >= 15 is 4.39 Å². The van der Waals surface area contributed by atoms with Gasteiger partial charge in [0.05, 0.1) is 27.4 Å². The van der Waals surface area contributed by atoms with Crippen molar-refractivity contribution in [3.8, 4) is 6.07 Å². The van der Waals surface area contributed by atoms with Crippen LogP contribution in [0.4, 0.5) is 8.78 Å². The molecule has 1 atom stereocenters. The molecule has 0 aliphatic carbocycles. The molecule has 1 aromatic heterocycles. The van der Waals surface area contributed by atoms with E-state index in [1.54, 1.807) is 42.7 Å². The second-order valence-corrected chi connectivity index (χ2v) is 12.1. The molecule has 1 unspecified atom stereocenters. The normalized spacial score (nSPS) is 13.0. The molecule has 4 rings (SSSR count). The SMILES string of the molecule is C=CCC(C)(C)/C(C=NCc1c(Sc2ccc(F)c(C#N)c2)c(F)cc2c1ccn2S(=O)c1ccccc1)=C/N. The summed E-state index contributed by atoms with van der Waals surface area (Å²) in [6, 6.07) is 18.0. The Morgan fingerprint density at radius 3 is 2.60 bits per heavy atom. The maximum absolute atomic E-state index is 15.8. The molecular formula is C31H28F2N4OS2. The lowest BCUT2D eigenvalue weighted by Gasteiger charge is -2.23. The smallest absolute Gasteiger partial charge is 0.157 e. The number of allylic oxidation sites excluding steroid dienone is 2. The maximum atomic E-state index is 15.8. The lowest BCUT2D eigenvalue weighted by atomic mass is 9.82. The number of nitrogens with two attached hydrogens (primary N) is 1. The Morgan fingerprint density at radius 1 is 1.18 bits per heavy atom. The first-order chi connectivity index (χ1) is 19.2. The Hall–Kier alpha value is -4.00. The first-order valence-corrected chi connectivity index (χ1v) is 14.3. The quantitative estimate of drug-likeness (QED) is 0.157. The molecule has 0 spiro atoms. The third-order valence-corrected chi connectivity index (χ3v) is 8.95. The average Bonchev–Trinajstić information content (AvgIpc) is 3.36. The molecule has 0 saturated heterocycles. The molecule has 5 nitrogen and oxygen atoms in total. The summed E-state index contributed by atoms with van der Waals surface area (Å²) < 4.78 is 44.7. The first-order valence-electron chi connectivity index (χ1n) is 12.4. The number of halogens is 2. The van der Waals surface area contributed by atoms with E-state index < -0.39 is 22.6 Å². The molecule has 3 aromatic carbocycles. The predicted molar refractivity (Wildman–Crippen MR) is 158 cm³/mol. The zero-order valence-corrected chi connectivity index (χ0v) is 23.7. The van der Waals surface area contributed by atoms with Crippen LogP contribution in [0.15, 0.2) is 111 Å². The van der Waals surface area contributed by atoms with Crippen molar-refractivity contribution in [2.24, 2.45) is 16.1 Å². The highest BCUT2D eigenvalue weighted by Crippen LogP contribution is 2.39. The summed E-state index contributed by atoms with van der Waals surface area (Å²) in [4.78, 5) is 6.00. The molecular weight excluding hydrogens is 546 g/mol. The van der Waals surface area contributed by atoms with Gasteiger partial charge in [-0.3, -0.25) is 8.96 Å². The van der Waals surface area contributed by atoms with Crippen LogP contribution in [0, 0.1) is 28.4 Å². The number of aromatic nitrogens is 1. The van der Waals surface area contributed by atoms with Crippen molar-refractivity contribution in [1.29, 1.82) is 5.26 Å². The van der Waals surface area contributed by atoms with Gasteiger partial charge in [0, 0.05) is 28.8 Å². The summed E-state index contributed by atoms with van der Waals surface area (Å²) in [6.45, 7) is 7.98. The van der Waals surface area contributed by atoms with Gasteiger partial charge in [-0.15, -0.1) is 6.58 Å². The molecule has 4 aromatic rings. The Bertz CT molecular complexity index is 1690. The number of fused-ring (bicyclic) bond motifs is 1. The summed E-state index contributed by atoms with van der Waals surface area (Å²) in [5.41, 5.74) is 7.30. The van der Waals surface area contributed by atoms with Crippen molar-refractivity contribution >= 4 is 39.9 Å². The number of hydrogen-bond donors (Lipinski definition) is 1. The van der Waals surface area contributed by atoms with Crippen molar-refractivity contribution in [3.63, 3.8) is 0 Å². The number of hydrogen-bond acceptors (Lipinski definition) is 5. The molecule has 0 bridgehead atoms. The molecule has 2 N–H and O–H groups in total. The van der Waals surface area contributed by atoms with Gasteiger partial charge in [-0.05, 0) is 65.6 Å². The zero-order chi connectivity index (χ0) is 28.9. The van der Waals surface area contributed by atoms with Gasteiger partial charge >= 0.3 is 0 Å². The second-order valence-electron chi connectivity index (χ2n) is 9.63. The summed E-state index contributed by atoms with van der Waals surface area (Å²) in [5.74, 6) is -1.19. The van der Waals surface area contributed by atoms with Crippen LogP contribution in [0.5, 0.6) is 0 Å². The summed E-state index contributed by atoms with van der Waals surface area (Å²) in [5, 5.41) is 9.94. The highest BCUT2D eigenvalue weighted by atomic mass is 32.2. The molecule has 0 fully saturated rings. The topological polar surface area (TPSA) is 84.2 Å². The van der Waals surface area contributed by atoms with Crippen LogP contribution in [-0.4, -0.2) is 14.4 Å². The van der Waals surface area contributed by atoms with Gasteiger partial charge in [0.25, 0.3) is 0 Å². The van der Waals surface area contributed by atoms with Crippen molar-refractivity contribution < 1.29 is 13.0 Å². The molecule has 204 valence electrons. The number of aliphatic imine (C=N–C) groups is 1. The van der Waals surface area contributed by atoms with E-state index in [4.69, 9.17) is 5.73 Å². The zero-order valence-electron chi connectivity index (χ0n) is 22.1. The first kappa shape index (κ1) is 29.0. The van der Waals surface area contributed by atoms with Gasteiger partial charge in [-0.25, -0.2) is 13.0 Å². The van der Waals surface area contributed by atoms with Crippen molar-refractivity contribution in [3.05, 3.63) is 114 Å². The summed E-state index contributed by atoms with van der Waals surface area (Å²) in [6.07, 6.45) is 7.35. The average molecular weight is 575 g/mol. The predicted octanol–water partition coefficient (Wildman–Crippen LogP) is 7.53. The summed E-state index contributed by atoms with van der Waals surface area (Å²) in [7, 11) is -1.59. The van der Waals surface area contributed by atoms with E-state index in [0.29, 0.717) is 32.7 Å². The standard InChI is InChI=1S/C31H28F2N4OS2/c1-4-13-31(2,3)22(18-35)19-36-20-26-25-12-14-37(40(38)24-8-6-5-7-9-24)29(25)16-28(33)30(26)39-23-10-11-27(32)21(15-23)17-34/h4-12,14-16,18-19H,1,13,20,35H2,2-3H3/b22-18+,36-19?. The fourth-order valence-electron chi connectivity index (χ4n) is 4.27. The molecule has 0 aliphatic rings. The van der Waals surface area contributed by atoms with Gasteiger partial charge in [-0.2, -0.15) is 5.26 Å². The highest BCUT2D eigenvalue weighted by Gasteiger charge is 2.22. The van der Waals surface area contributed by atoms with Crippen molar-refractivity contribution in [2.45, 2.75) is 41.5 Å². The second kappa shape index (κ2) is 12.5. The van der Waals surface area contributed by atoms with Crippen LogP contribution >= 0.6 is 11.8 Å². The minimum absolute atomic E-state index is 0.104. The molecule has 0 radical (unpaired) electrons. The Morgan fingerprint density at radius 2 is 1.93 bits per heavy atom. The summed E-state index contributed by atoms with van der Waals surface area (Å²) >= 11 is 1.08. The van der Waals surface area contributed by atoms with Gasteiger partial charge in [0.15, 0.2) is 11.0 Å². The van der Waals surface area contributed by atoms with Gasteiger partial charge in [0.1, 0.15) is 17.7 Å². The number of rotatable bonds is 10. The Labute approximate surface area is 239 Å². The third kappa shape index (κ3) is 6.09. The van der Waals surface area contributed by atoms with Crippen LogP contribution in [0.1, 0.15) is 31.4 Å². The molecule has 9 heteroatoms. The van der Waals surface area contributed by atoms with Crippen LogP contribution in [0.3, 0.4) is 0 Å². The van der Waals surface area contributed by atoms with Gasteiger partial charge in [0.2, 0.25) is 0 Å². The third-order valence-electron chi connectivity index (χ3n) is 6.47. The van der Waals surface area contributed by atoms with Gasteiger partial charge < -0.3 is 5.73 Å². The minimum Gasteiger partial charge on any atom is -0.404 e. The highest BCUT2D eigenvalue weighted by molar-refractivity contribution is 7.99. The van der Waals surface area contributed by atoms with Gasteiger partial charge in [-0.1, -0.05) is 49.9 Å². The van der Waals surface area contributed by atoms with E-state index in [1.807, 2.05) is 32.1 Å². The molecule has 40 heavy (non-hydrogen) atoms. The number of benzene rings is 3. The van der Waals surface area contributed by atoms with E-state index in [9.17, 15) is 13.9 Å². The van der Waals surface area contributed by atoms with Crippen LogP contribution in [-0.2, 0) is 17.5 Å². The van der Waals surface area contributed by atoms with Crippen molar-refractivity contribution in [1.82, 2.24) is 3.97 Å². The fraction of sp³-hybridized carbons (Fsp3) is 0.161. The van der Waals surface area contributed by atoms with E-state index in [1.165, 1.54) is 34.4 Å². The van der Waals surface area contributed by atoms with E-state index in [-0.39, 0.29) is 22.4 Å². The minimum atomic E-state index is -1.59. The maximum Gasteiger partial charge on any atom is 0.157 e. The lowest BCUT2D eigenvalue weighted by Crippen LogP contribution is -2.16. The number of nitriles is 1. The van der Waals surface area contributed by atoms with Crippen molar-refractivity contribution in [2.75, 3.05) is 0 Å². The molecule has 0 amide bonds. The van der Waals surface area contributed by atoms with Crippen LogP contribution in [0.2, 0.25) is 0 Å².